The van der Waals surface area contributed by atoms with Crippen molar-refractivity contribution in [1.29, 1.82) is 0 Å². The van der Waals surface area contributed by atoms with E-state index >= 15 is 0 Å². The van der Waals surface area contributed by atoms with Crippen LogP contribution in [0, 0.1) is 5.92 Å². The lowest BCUT2D eigenvalue weighted by Crippen LogP contribution is -2.31. The van der Waals surface area contributed by atoms with E-state index < -0.39 is 21.5 Å². The van der Waals surface area contributed by atoms with Crippen molar-refractivity contribution in [2.24, 2.45) is 5.92 Å². The van der Waals surface area contributed by atoms with Gasteiger partial charge in [-0.1, -0.05) is 41.9 Å². The third kappa shape index (κ3) is 6.73. The van der Waals surface area contributed by atoms with Gasteiger partial charge in [-0.3, -0.25) is 4.79 Å². The number of carbonyl (C=O) groups excluding carboxylic acids is 1. The van der Waals surface area contributed by atoms with Gasteiger partial charge in [-0.2, -0.15) is 0 Å². The van der Waals surface area contributed by atoms with Gasteiger partial charge in [0.05, 0.1) is 5.75 Å². The Morgan fingerprint density at radius 3 is 2.37 bits per heavy atom. The molecule has 0 aliphatic rings. The summed E-state index contributed by atoms with van der Waals surface area (Å²) < 4.78 is 24.2. The predicted octanol–water partition coefficient (Wildman–Crippen LogP) is 2.14. The molecule has 0 radical (unpaired) electrons. The highest BCUT2D eigenvalue weighted by Crippen LogP contribution is 2.10. The molecule has 0 spiro atoms. The van der Waals surface area contributed by atoms with E-state index in [4.69, 9.17) is 0 Å². The molecule has 0 atom stereocenters. The second-order valence-electron chi connectivity index (χ2n) is 4.85. The topological polar surface area (TPSA) is 63.2 Å². The summed E-state index contributed by atoms with van der Waals surface area (Å²) in [7, 11) is -3.31. The van der Waals surface area contributed by atoms with Crippen LogP contribution < -0.4 is 5.32 Å². The second kappa shape index (κ2) is 7.05. The molecule has 0 aliphatic carbocycles. The van der Waals surface area contributed by atoms with Crippen molar-refractivity contribution >= 4 is 31.7 Å². The van der Waals surface area contributed by atoms with Gasteiger partial charge in [-0.05, 0) is 23.6 Å². The number of carbonyl (C=O) groups is 1. The summed E-state index contributed by atoms with van der Waals surface area (Å²) in [6, 6.07) is 7.48. The summed E-state index contributed by atoms with van der Waals surface area (Å²) in [4.78, 5) is 11.6. The minimum absolute atomic E-state index is 0.0317. The molecule has 0 unspecified atom stereocenters. The van der Waals surface area contributed by atoms with E-state index in [0.29, 0.717) is 6.54 Å². The normalized spacial score (nSPS) is 11.6. The summed E-state index contributed by atoms with van der Waals surface area (Å²) >= 11 is 3.32. The van der Waals surface area contributed by atoms with Crippen molar-refractivity contribution < 1.29 is 13.2 Å². The molecule has 4 nitrogen and oxygen atoms in total. The molecule has 1 N–H and O–H groups in total. The Balaban J connectivity index is 2.46. The van der Waals surface area contributed by atoms with Crippen LogP contribution in [-0.4, -0.2) is 25.8 Å². The summed E-state index contributed by atoms with van der Waals surface area (Å²) in [6.07, 6.45) is 0. The van der Waals surface area contributed by atoms with Crippen LogP contribution in [0.4, 0.5) is 0 Å². The Morgan fingerprint density at radius 1 is 1.26 bits per heavy atom. The third-order valence-corrected chi connectivity index (χ3v) is 4.75. The Labute approximate surface area is 122 Å². The minimum atomic E-state index is -3.31. The van der Waals surface area contributed by atoms with E-state index in [9.17, 15) is 13.2 Å². The van der Waals surface area contributed by atoms with Crippen LogP contribution >= 0.6 is 15.9 Å². The van der Waals surface area contributed by atoms with Crippen molar-refractivity contribution in [2.75, 3.05) is 11.5 Å². The molecule has 0 bridgehead atoms. The predicted molar refractivity (Wildman–Crippen MR) is 79.5 cm³/mol. The molecular formula is C13H18BrNO3S. The zero-order valence-corrected chi connectivity index (χ0v) is 13.4. The largest absolute Gasteiger partial charge is 0.351 e. The van der Waals surface area contributed by atoms with Crippen LogP contribution in [0.1, 0.15) is 19.4 Å². The van der Waals surface area contributed by atoms with Gasteiger partial charge >= 0.3 is 0 Å². The first-order chi connectivity index (χ1) is 8.78. The zero-order chi connectivity index (χ0) is 14.5. The lowest BCUT2D eigenvalue weighted by molar-refractivity contribution is -0.118. The number of benzene rings is 1. The fourth-order valence-electron chi connectivity index (χ4n) is 1.62. The summed E-state index contributed by atoms with van der Waals surface area (Å²) in [5.74, 6) is -0.826. The molecule has 0 saturated carbocycles. The number of halogens is 1. The van der Waals surface area contributed by atoms with Crippen LogP contribution in [0.15, 0.2) is 28.7 Å². The molecule has 0 saturated heterocycles. The highest BCUT2D eigenvalue weighted by atomic mass is 79.9. The Hall–Kier alpha value is -0.880. The monoisotopic (exact) mass is 347 g/mol. The van der Waals surface area contributed by atoms with Crippen LogP contribution in [0.2, 0.25) is 0 Å². The van der Waals surface area contributed by atoms with Crippen LogP contribution in [0.25, 0.3) is 0 Å². The Bertz CT molecular complexity index is 523. The summed E-state index contributed by atoms with van der Waals surface area (Å²) in [5, 5.41) is 2.61. The molecule has 0 aliphatic heterocycles. The van der Waals surface area contributed by atoms with Crippen molar-refractivity contribution in [3.8, 4) is 0 Å². The Kier molecular flexibility index (Phi) is 6.00. The second-order valence-corrected chi connectivity index (χ2v) is 7.88. The number of hydrogen-bond donors (Lipinski definition) is 1. The van der Waals surface area contributed by atoms with E-state index in [0.717, 1.165) is 10.0 Å². The lowest BCUT2D eigenvalue weighted by Gasteiger charge is -2.08. The highest BCUT2D eigenvalue weighted by molar-refractivity contribution is 9.10. The van der Waals surface area contributed by atoms with E-state index in [1.807, 2.05) is 38.1 Å². The van der Waals surface area contributed by atoms with Crippen molar-refractivity contribution in [3.05, 3.63) is 34.3 Å². The number of amides is 1. The molecule has 1 rings (SSSR count). The zero-order valence-electron chi connectivity index (χ0n) is 11.0. The number of rotatable bonds is 6. The molecule has 1 amide bonds. The van der Waals surface area contributed by atoms with Gasteiger partial charge in [0.25, 0.3) is 0 Å². The average Bonchev–Trinajstić information content (AvgIpc) is 2.25. The van der Waals surface area contributed by atoms with Gasteiger partial charge in [0, 0.05) is 11.0 Å². The molecular weight excluding hydrogens is 330 g/mol. The quantitative estimate of drug-likeness (QED) is 0.857. The molecule has 1 aromatic carbocycles. The molecule has 0 heterocycles. The number of sulfone groups is 1. The fourth-order valence-corrected chi connectivity index (χ4v) is 3.52. The van der Waals surface area contributed by atoms with Crippen molar-refractivity contribution in [1.82, 2.24) is 5.32 Å². The SMILES string of the molecule is CC(C)CS(=O)(=O)CC(=O)NCc1ccc(Br)cc1. The lowest BCUT2D eigenvalue weighted by atomic mass is 10.2. The standard InChI is InChI=1S/C13H18BrNO3S/c1-10(2)8-19(17,18)9-13(16)15-7-11-3-5-12(14)6-4-11/h3-6,10H,7-9H2,1-2H3,(H,15,16). The Morgan fingerprint density at radius 2 is 1.84 bits per heavy atom. The average molecular weight is 348 g/mol. The maximum absolute atomic E-state index is 11.6. The molecule has 19 heavy (non-hydrogen) atoms. The summed E-state index contributed by atoms with van der Waals surface area (Å²) in [5.41, 5.74) is 0.929. The van der Waals surface area contributed by atoms with Gasteiger partial charge in [0.2, 0.25) is 5.91 Å². The van der Waals surface area contributed by atoms with Gasteiger partial charge in [0.1, 0.15) is 5.75 Å². The van der Waals surface area contributed by atoms with Gasteiger partial charge in [0.15, 0.2) is 9.84 Å². The van der Waals surface area contributed by atoms with Gasteiger partial charge in [-0.25, -0.2) is 8.42 Å². The van der Waals surface area contributed by atoms with E-state index in [-0.39, 0.29) is 11.7 Å². The maximum atomic E-state index is 11.6. The van der Waals surface area contributed by atoms with Crippen LogP contribution in [0.5, 0.6) is 0 Å². The number of nitrogens with one attached hydrogen (secondary N) is 1. The highest BCUT2D eigenvalue weighted by Gasteiger charge is 2.17. The molecule has 0 fully saturated rings. The van der Waals surface area contributed by atoms with E-state index in [1.165, 1.54) is 0 Å². The molecule has 0 aromatic heterocycles. The molecule has 106 valence electrons. The third-order valence-electron chi connectivity index (χ3n) is 2.34. The minimum Gasteiger partial charge on any atom is -0.351 e. The molecule has 6 heteroatoms. The first-order valence-electron chi connectivity index (χ1n) is 6.00. The number of hydrogen-bond acceptors (Lipinski definition) is 3. The summed E-state index contributed by atoms with van der Waals surface area (Å²) in [6.45, 7) is 3.97. The van der Waals surface area contributed by atoms with Gasteiger partial charge < -0.3 is 5.32 Å². The van der Waals surface area contributed by atoms with Crippen LogP contribution in [-0.2, 0) is 21.2 Å². The smallest absolute Gasteiger partial charge is 0.235 e. The van der Waals surface area contributed by atoms with Crippen LogP contribution in [0.3, 0.4) is 0 Å². The van der Waals surface area contributed by atoms with Gasteiger partial charge in [-0.15, -0.1) is 0 Å². The first-order valence-corrected chi connectivity index (χ1v) is 8.61. The van der Waals surface area contributed by atoms with E-state index in [2.05, 4.69) is 21.2 Å². The van der Waals surface area contributed by atoms with E-state index in [1.54, 1.807) is 0 Å². The van der Waals surface area contributed by atoms with Crippen molar-refractivity contribution in [3.63, 3.8) is 0 Å². The van der Waals surface area contributed by atoms with Crippen molar-refractivity contribution in [2.45, 2.75) is 20.4 Å². The molecule has 1 aromatic rings. The first kappa shape index (κ1) is 16.2. The maximum Gasteiger partial charge on any atom is 0.235 e. The fraction of sp³-hybridized carbons (Fsp3) is 0.462.